The second-order valence-electron chi connectivity index (χ2n) is 7.23. The molecule has 2 heterocycles. The zero-order valence-corrected chi connectivity index (χ0v) is 14.8. The predicted molar refractivity (Wildman–Crippen MR) is 97.2 cm³/mol. The average Bonchev–Trinajstić information content (AvgIpc) is 3.35. The molecule has 5 heteroatoms. The molecule has 1 aliphatic carbocycles. The SMILES string of the molecule is N#Cc1ccc(CN2CCCN(C(=O)C3CC3c3ccco3)CC2)cc1. The van der Waals surface area contributed by atoms with E-state index in [-0.39, 0.29) is 17.7 Å². The minimum absolute atomic E-state index is 0.103. The lowest BCUT2D eigenvalue weighted by Crippen LogP contribution is -2.36. The fourth-order valence-electron chi connectivity index (χ4n) is 3.81. The average molecular weight is 349 g/mol. The van der Waals surface area contributed by atoms with Crippen LogP contribution in [-0.2, 0) is 11.3 Å². The summed E-state index contributed by atoms with van der Waals surface area (Å²) >= 11 is 0. The molecule has 0 radical (unpaired) electrons. The maximum Gasteiger partial charge on any atom is 0.226 e. The van der Waals surface area contributed by atoms with Crippen LogP contribution < -0.4 is 0 Å². The summed E-state index contributed by atoms with van der Waals surface area (Å²) in [6.45, 7) is 4.38. The van der Waals surface area contributed by atoms with E-state index in [9.17, 15) is 4.79 Å². The molecule has 1 amide bonds. The summed E-state index contributed by atoms with van der Waals surface area (Å²) in [5.74, 6) is 1.61. The van der Waals surface area contributed by atoms with Crippen LogP contribution in [0.3, 0.4) is 0 Å². The molecule has 0 N–H and O–H groups in total. The molecule has 1 saturated carbocycles. The third-order valence-electron chi connectivity index (χ3n) is 5.41. The molecule has 4 rings (SSSR count). The van der Waals surface area contributed by atoms with Gasteiger partial charge in [0.25, 0.3) is 0 Å². The molecule has 2 atom stereocenters. The van der Waals surface area contributed by atoms with Crippen molar-refractivity contribution in [3.63, 3.8) is 0 Å². The first-order valence-corrected chi connectivity index (χ1v) is 9.28. The van der Waals surface area contributed by atoms with Gasteiger partial charge in [0.05, 0.1) is 17.9 Å². The molecule has 0 spiro atoms. The Morgan fingerprint density at radius 3 is 2.73 bits per heavy atom. The highest BCUT2D eigenvalue weighted by Gasteiger charge is 2.47. The molecule has 1 aromatic heterocycles. The molecule has 2 fully saturated rings. The largest absolute Gasteiger partial charge is 0.469 e. The van der Waals surface area contributed by atoms with Gasteiger partial charge in [-0.25, -0.2) is 0 Å². The lowest BCUT2D eigenvalue weighted by atomic mass is 10.1. The fourth-order valence-corrected chi connectivity index (χ4v) is 3.81. The first-order valence-electron chi connectivity index (χ1n) is 9.28. The predicted octanol–water partition coefficient (Wildman–Crippen LogP) is 2.99. The third kappa shape index (κ3) is 3.66. The number of carbonyl (C=O) groups excluding carboxylic acids is 1. The van der Waals surface area contributed by atoms with Crippen LogP contribution in [0.2, 0.25) is 0 Å². The molecular weight excluding hydrogens is 326 g/mol. The molecule has 2 unspecified atom stereocenters. The maximum atomic E-state index is 12.8. The first-order chi connectivity index (χ1) is 12.7. The van der Waals surface area contributed by atoms with Crippen LogP contribution >= 0.6 is 0 Å². The van der Waals surface area contributed by atoms with Crippen LogP contribution in [0.25, 0.3) is 0 Å². The van der Waals surface area contributed by atoms with Gasteiger partial charge in [0.2, 0.25) is 5.91 Å². The summed E-state index contributed by atoms with van der Waals surface area (Å²) in [5.41, 5.74) is 1.90. The topological polar surface area (TPSA) is 60.5 Å². The van der Waals surface area contributed by atoms with Gasteiger partial charge in [-0.05, 0) is 42.7 Å². The molecule has 134 valence electrons. The lowest BCUT2D eigenvalue weighted by Gasteiger charge is -2.22. The quantitative estimate of drug-likeness (QED) is 0.851. The Balaban J connectivity index is 1.30. The van der Waals surface area contributed by atoms with Crippen LogP contribution in [0, 0.1) is 17.2 Å². The summed E-state index contributed by atoms with van der Waals surface area (Å²) in [6, 6.07) is 13.8. The second-order valence-corrected chi connectivity index (χ2v) is 7.23. The number of nitrogens with zero attached hydrogens (tertiary/aromatic N) is 3. The Kier molecular flexibility index (Phi) is 4.77. The smallest absolute Gasteiger partial charge is 0.226 e. The second kappa shape index (κ2) is 7.35. The Bertz CT molecular complexity index is 792. The molecule has 1 aliphatic heterocycles. The van der Waals surface area contributed by atoms with Crippen molar-refractivity contribution in [2.45, 2.75) is 25.3 Å². The summed E-state index contributed by atoms with van der Waals surface area (Å²) in [4.78, 5) is 17.2. The number of nitriles is 1. The molecule has 5 nitrogen and oxygen atoms in total. The van der Waals surface area contributed by atoms with Gasteiger partial charge in [0, 0.05) is 44.6 Å². The van der Waals surface area contributed by atoms with Crippen molar-refractivity contribution in [3.05, 3.63) is 59.5 Å². The van der Waals surface area contributed by atoms with Crippen LogP contribution in [0.15, 0.2) is 47.1 Å². The number of amides is 1. The van der Waals surface area contributed by atoms with Crippen molar-refractivity contribution < 1.29 is 9.21 Å². The molecule has 1 saturated heterocycles. The van der Waals surface area contributed by atoms with Gasteiger partial charge in [-0.1, -0.05) is 12.1 Å². The number of hydrogen-bond donors (Lipinski definition) is 0. The monoisotopic (exact) mass is 349 g/mol. The van der Waals surface area contributed by atoms with Gasteiger partial charge in [-0.15, -0.1) is 0 Å². The molecule has 1 aromatic carbocycles. The highest BCUT2D eigenvalue weighted by molar-refractivity contribution is 5.82. The molecule has 2 aromatic rings. The molecular formula is C21H23N3O2. The molecule has 2 aliphatic rings. The Hall–Kier alpha value is -2.58. The van der Waals surface area contributed by atoms with E-state index < -0.39 is 0 Å². The van der Waals surface area contributed by atoms with Gasteiger partial charge >= 0.3 is 0 Å². The van der Waals surface area contributed by atoms with Crippen molar-refractivity contribution in [3.8, 4) is 6.07 Å². The Morgan fingerprint density at radius 1 is 1.15 bits per heavy atom. The summed E-state index contributed by atoms with van der Waals surface area (Å²) in [6.07, 6.45) is 3.60. The van der Waals surface area contributed by atoms with E-state index in [4.69, 9.17) is 9.68 Å². The van der Waals surface area contributed by atoms with Crippen LogP contribution in [0.4, 0.5) is 0 Å². The standard InChI is InChI=1S/C21H23N3O2/c22-14-16-4-6-17(7-5-16)15-23-8-2-9-24(11-10-23)21(25)19-13-18(19)20-3-1-12-26-20/h1,3-7,12,18-19H,2,8-11,13,15H2. The lowest BCUT2D eigenvalue weighted by molar-refractivity contribution is -0.132. The van der Waals surface area contributed by atoms with E-state index in [1.165, 1.54) is 5.56 Å². The van der Waals surface area contributed by atoms with E-state index in [1.54, 1.807) is 6.26 Å². The van der Waals surface area contributed by atoms with E-state index in [0.717, 1.165) is 51.3 Å². The Labute approximate surface area is 153 Å². The summed E-state index contributed by atoms with van der Waals surface area (Å²) in [7, 11) is 0. The number of benzene rings is 1. The maximum absolute atomic E-state index is 12.8. The first kappa shape index (κ1) is 16.9. The van der Waals surface area contributed by atoms with Gasteiger partial charge in [-0.2, -0.15) is 5.26 Å². The van der Waals surface area contributed by atoms with E-state index >= 15 is 0 Å². The van der Waals surface area contributed by atoms with E-state index in [1.807, 2.05) is 41.3 Å². The van der Waals surface area contributed by atoms with Crippen molar-refractivity contribution in [2.75, 3.05) is 26.2 Å². The van der Waals surface area contributed by atoms with Crippen molar-refractivity contribution >= 4 is 5.91 Å². The van der Waals surface area contributed by atoms with Crippen molar-refractivity contribution in [1.29, 1.82) is 5.26 Å². The normalized spacial score (nSPS) is 23.3. The number of carbonyl (C=O) groups is 1. The van der Waals surface area contributed by atoms with Crippen LogP contribution in [0.5, 0.6) is 0 Å². The fraction of sp³-hybridized carbons (Fsp3) is 0.429. The highest BCUT2D eigenvalue weighted by Crippen LogP contribution is 2.48. The minimum atomic E-state index is 0.103. The van der Waals surface area contributed by atoms with Crippen molar-refractivity contribution in [1.82, 2.24) is 9.80 Å². The molecule has 0 bridgehead atoms. The van der Waals surface area contributed by atoms with Gasteiger partial charge in [0.15, 0.2) is 0 Å². The zero-order chi connectivity index (χ0) is 17.9. The van der Waals surface area contributed by atoms with E-state index in [0.29, 0.717) is 5.56 Å². The van der Waals surface area contributed by atoms with Crippen molar-refractivity contribution in [2.24, 2.45) is 5.92 Å². The van der Waals surface area contributed by atoms with Crippen LogP contribution in [0.1, 0.15) is 35.6 Å². The Morgan fingerprint density at radius 2 is 2.00 bits per heavy atom. The number of hydrogen-bond acceptors (Lipinski definition) is 4. The van der Waals surface area contributed by atoms with Gasteiger partial charge < -0.3 is 9.32 Å². The minimum Gasteiger partial charge on any atom is -0.469 e. The summed E-state index contributed by atoms with van der Waals surface area (Å²) in [5, 5.41) is 8.89. The highest BCUT2D eigenvalue weighted by atomic mass is 16.3. The van der Waals surface area contributed by atoms with E-state index in [2.05, 4.69) is 11.0 Å². The van der Waals surface area contributed by atoms with Crippen LogP contribution in [-0.4, -0.2) is 41.9 Å². The zero-order valence-electron chi connectivity index (χ0n) is 14.8. The molecule has 26 heavy (non-hydrogen) atoms. The van der Waals surface area contributed by atoms with Gasteiger partial charge in [0.1, 0.15) is 5.76 Å². The number of rotatable bonds is 4. The third-order valence-corrected chi connectivity index (χ3v) is 5.41. The number of furan rings is 1. The van der Waals surface area contributed by atoms with Gasteiger partial charge in [-0.3, -0.25) is 9.69 Å². The summed E-state index contributed by atoms with van der Waals surface area (Å²) < 4.78 is 5.45.